The molecule has 29 heavy (non-hydrogen) atoms. The summed E-state index contributed by atoms with van der Waals surface area (Å²) in [4.78, 5) is 33.4. The van der Waals surface area contributed by atoms with E-state index < -0.39 is 34.2 Å². The van der Waals surface area contributed by atoms with Crippen molar-refractivity contribution in [3.63, 3.8) is 0 Å². The van der Waals surface area contributed by atoms with Gasteiger partial charge in [0.05, 0.1) is 16.7 Å². The van der Waals surface area contributed by atoms with Crippen molar-refractivity contribution in [2.45, 2.75) is 12.6 Å². The van der Waals surface area contributed by atoms with Crippen molar-refractivity contribution >= 4 is 23.2 Å². The van der Waals surface area contributed by atoms with Gasteiger partial charge in [-0.3, -0.25) is 19.7 Å². The second-order valence-electron chi connectivity index (χ2n) is 5.75. The molecule has 2 aromatic rings. The Morgan fingerprint density at radius 1 is 1.10 bits per heavy atom. The summed E-state index contributed by atoms with van der Waals surface area (Å²) in [6.07, 6.45) is -3.43. The Morgan fingerprint density at radius 3 is 2.45 bits per heavy atom. The van der Waals surface area contributed by atoms with Crippen LogP contribution in [0.5, 0.6) is 0 Å². The van der Waals surface area contributed by atoms with Gasteiger partial charge in [0.15, 0.2) is 5.76 Å². The normalized spacial score (nSPS) is 11.0. The average Bonchev–Trinajstić information content (AvgIpc) is 3.19. The van der Waals surface area contributed by atoms with Gasteiger partial charge in [-0.05, 0) is 24.3 Å². The first-order valence-electron chi connectivity index (χ1n) is 8.36. The second-order valence-corrected chi connectivity index (χ2v) is 5.75. The van der Waals surface area contributed by atoms with E-state index in [1.807, 2.05) is 0 Å². The van der Waals surface area contributed by atoms with Crippen LogP contribution in [-0.2, 0) is 11.0 Å². The van der Waals surface area contributed by atoms with E-state index in [1.165, 1.54) is 12.3 Å². The molecule has 0 unspecified atom stereocenters. The van der Waals surface area contributed by atoms with Crippen molar-refractivity contribution in [3.8, 4) is 0 Å². The van der Waals surface area contributed by atoms with Crippen LogP contribution in [0.15, 0.2) is 41.0 Å². The highest BCUT2D eigenvalue weighted by atomic mass is 19.4. The fourth-order valence-electron chi connectivity index (χ4n) is 2.28. The molecule has 1 aromatic carbocycles. The molecule has 0 saturated carbocycles. The van der Waals surface area contributed by atoms with Gasteiger partial charge in [-0.25, -0.2) is 0 Å². The predicted molar refractivity (Wildman–Crippen MR) is 95.3 cm³/mol. The van der Waals surface area contributed by atoms with Crippen molar-refractivity contribution in [2.75, 3.05) is 25.0 Å². The monoisotopic (exact) mass is 414 g/mol. The van der Waals surface area contributed by atoms with Gasteiger partial charge in [0.2, 0.25) is 5.91 Å². The smallest absolute Gasteiger partial charge is 0.416 e. The first-order chi connectivity index (χ1) is 13.7. The number of benzene rings is 1. The highest BCUT2D eigenvalue weighted by Gasteiger charge is 2.33. The molecule has 0 atom stereocenters. The maximum Gasteiger partial charge on any atom is 0.416 e. The highest BCUT2D eigenvalue weighted by Crippen LogP contribution is 2.34. The number of nitro benzene ring substituents is 1. The SMILES string of the molecule is O=C(CCNc1ccc(C(F)(F)F)cc1[N+](=O)[O-])NCCNC(=O)c1ccco1. The lowest BCUT2D eigenvalue weighted by molar-refractivity contribution is -0.384. The number of hydrogen-bond donors (Lipinski definition) is 3. The molecule has 0 aliphatic carbocycles. The van der Waals surface area contributed by atoms with Crippen molar-refractivity contribution in [2.24, 2.45) is 0 Å². The van der Waals surface area contributed by atoms with Gasteiger partial charge in [0, 0.05) is 32.1 Å². The van der Waals surface area contributed by atoms with Crippen LogP contribution in [0, 0.1) is 10.1 Å². The number of nitrogens with zero attached hydrogens (tertiary/aromatic N) is 1. The van der Waals surface area contributed by atoms with Gasteiger partial charge in [-0.15, -0.1) is 0 Å². The molecule has 12 heteroatoms. The second kappa shape index (κ2) is 9.57. The zero-order chi connectivity index (χ0) is 21.4. The van der Waals surface area contributed by atoms with Gasteiger partial charge in [-0.1, -0.05) is 0 Å². The Bertz CT molecular complexity index is 868. The Kier molecular flexibility index (Phi) is 7.17. The van der Waals surface area contributed by atoms with Gasteiger partial charge in [0.25, 0.3) is 11.6 Å². The summed E-state index contributed by atoms with van der Waals surface area (Å²) in [5.74, 6) is -0.696. The fourth-order valence-corrected chi connectivity index (χ4v) is 2.28. The third-order valence-corrected chi connectivity index (χ3v) is 3.67. The minimum atomic E-state index is -4.70. The van der Waals surface area contributed by atoms with Crippen molar-refractivity contribution in [3.05, 3.63) is 58.0 Å². The summed E-state index contributed by atoms with van der Waals surface area (Å²) >= 11 is 0. The van der Waals surface area contributed by atoms with Crippen LogP contribution in [-0.4, -0.2) is 36.4 Å². The van der Waals surface area contributed by atoms with E-state index >= 15 is 0 Å². The quantitative estimate of drug-likeness (QED) is 0.329. The third kappa shape index (κ3) is 6.52. The molecule has 1 heterocycles. The topological polar surface area (TPSA) is 127 Å². The van der Waals surface area contributed by atoms with Crippen LogP contribution in [0.2, 0.25) is 0 Å². The minimum Gasteiger partial charge on any atom is -0.459 e. The minimum absolute atomic E-state index is 0.0310. The molecule has 0 spiro atoms. The van der Waals surface area contributed by atoms with E-state index in [1.54, 1.807) is 6.07 Å². The lowest BCUT2D eigenvalue weighted by Gasteiger charge is -2.11. The van der Waals surface area contributed by atoms with Crippen LogP contribution in [0.1, 0.15) is 22.5 Å². The molecule has 0 radical (unpaired) electrons. The Balaban J connectivity index is 1.75. The van der Waals surface area contributed by atoms with E-state index in [4.69, 9.17) is 4.42 Å². The number of alkyl halides is 3. The summed E-state index contributed by atoms with van der Waals surface area (Å²) in [7, 11) is 0. The largest absolute Gasteiger partial charge is 0.459 e. The summed E-state index contributed by atoms with van der Waals surface area (Å²) in [5, 5.41) is 18.6. The van der Waals surface area contributed by atoms with Crippen LogP contribution >= 0.6 is 0 Å². The van der Waals surface area contributed by atoms with Crippen LogP contribution in [0.25, 0.3) is 0 Å². The number of nitro groups is 1. The van der Waals surface area contributed by atoms with Crippen molar-refractivity contribution in [1.82, 2.24) is 10.6 Å². The summed E-state index contributed by atoms with van der Waals surface area (Å²) in [6, 6.07) is 5.15. The number of nitrogens with one attached hydrogen (secondary N) is 3. The molecule has 9 nitrogen and oxygen atoms in total. The van der Waals surface area contributed by atoms with E-state index in [9.17, 15) is 32.9 Å². The highest BCUT2D eigenvalue weighted by molar-refractivity contribution is 5.91. The number of amides is 2. The zero-order valence-electron chi connectivity index (χ0n) is 14.9. The lowest BCUT2D eigenvalue weighted by atomic mass is 10.1. The average molecular weight is 414 g/mol. The van der Waals surface area contributed by atoms with Crippen molar-refractivity contribution < 1.29 is 32.1 Å². The molecule has 2 rings (SSSR count). The Labute approximate surface area is 162 Å². The molecular formula is C17H17F3N4O5. The Morgan fingerprint density at radius 2 is 1.83 bits per heavy atom. The first kappa shape index (κ1) is 21.7. The van der Waals surface area contributed by atoms with Crippen LogP contribution in [0.3, 0.4) is 0 Å². The fraction of sp³-hybridized carbons (Fsp3) is 0.294. The molecule has 156 valence electrons. The molecule has 3 N–H and O–H groups in total. The molecule has 1 aromatic heterocycles. The molecule has 0 aliphatic heterocycles. The number of hydrogen-bond acceptors (Lipinski definition) is 6. The molecule has 0 bridgehead atoms. The van der Waals surface area contributed by atoms with Gasteiger partial charge < -0.3 is 20.4 Å². The summed E-state index contributed by atoms with van der Waals surface area (Å²) < 4.78 is 42.9. The van der Waals surface area contributed by atoms with Gasteiger partial charge in [-0.2, -0.15) is 13.2 Å². The zero-order valence-corrected chi connectivity index (χ0v) is 14.9. The number of anilines is 1. The van der Waals surface area contributed by atoms with E-state index in [-0.39, 0.29) is 37.5 Å². The molecular weight excluding hydrogens is 397 g/mol. The summed E-state index contributed by atoms with van der Waals surface area (Å²) in [6.45, 7) is 0.269. The summed E-state index contributed by atoms with van der Waals surface area (Å²) in [5.41, 5.74) is -1.99. The molecule has 0 fully saturated rings. The lowest BCUT2D eigenvalue weighted by Crippen LogP contribution is -2.35. The molecule has 0 aliphatic rings. The standard InChI is InChI=1S/C17H17F3N4O5/c18-17(19,20)11-3-4-12(13(10-11)24(27)28)21-6-5-15(25)22-7-8-23-16(26)14-2-1-9-29-14/h1-4,9-10,21H,5-8H2,(H,22,25)(H,23,26). The van der Waals surface area contributed by atoms with Gasteiger partial charge in [0.1, 0.15) is 5.69 Å². The maximum absolute atomic E-state index is 12.7. The van der Waals surface area contributed by atoms with Gasteiger partial charge >= 0.3 is 6.18 Å². The number of halogens is 3. The van der Waals surface area contributed by atoms with Crippen LogP contribution < -0.4 is 16.0 Å². The Hall–Kier alpha value is -3.57. The van der Waals surface area contributed by atoms with E-state index in [0.29, 0.717) is 6.07 Å². The number of furan rings is 1. The van der Waals surface area contributed by atoms with E-state index in [0.717, 1.165) is 12.1 Å². The van der Waals surface area contributed by atoms with Crippen molar-refractivity contribution in [1.29, 1.82) is 0 Å². The first-order valence-corrected chi connectivity index (χ1v) is 8.36. The predicted octanol–water partition coefficient (Wildman–Crippen LogP) is 2.55. The number of carbonyl (C=O) groups is 2. The molecule has 0 saturated heterocycles. The number of rotatable bonds is 9. The van der Waals surface area contributed by atoms with Crippen LogP contribution in [0.4, 0.5) is 24.5 Å². The van der Waals surface area contributed by atoms with E-state index in [2.05, 4.69) is 16.0 Å². The third-order valence-electron chi connectivity index (χ3n) is 3.67. The maximum atomic E-state index is 12.7. The number of carbonyl (C=O) groups excluding carboxylic acids is 2. The molecule has 2 amide bonds.